The van der Waals surface area contributed by atoms with E-state index in [1.165, 1.54) is 0 Å². The molecule has 0 aromatic rings. The van der Waals surface area contributed by atoms with Gasteiger partial charge in [-0.1, -0.05) is 0 Å². The van der Waals surface area contributed by atoms with Gasteiger partial charge in [0, 0.05) is 13.1 Å². The Labute approximate surface area is 208 Å². The first kappa shape index (κ1) is 43.2. The molecule has 108 valence electrons. The predicted octanol–water partition coefficient (Wildman–Crippen LogP) is -10.6. The van der Waals surface area contributed by atoms with Crippen molar-refractivity contribution in [3.63, 3.8) is 0 Å². The molecule has 0 rings (SSSR count). The van der Waals surface area contributed by atoms with Gasteiger partial charge in [0.05, 0.1) is 11.9 Å². The third kappa shape index (κ3) is 290. The van der Waals surface area contributed by atoms with Crippen molar-refractivity contribution >= 4 is 137 Å². The summed E-state index contributed by atoms with van der Waals surface area (Å²) in [7, 11) is 0. The summed E-state index contributed by atoms with van der Waals surface area (Å²) in [5, 5.41) is 51.6. The van der Waals surface area contributed by atoms with Crippen molar-refractivity contribution < 1.29 is 49.8 Å². The molecule has 0 saturated heterocycles. The average molecular weight is 388 g/mol. The summed E-state index contributed by atoms with van der Waals surface area (Å²) in [4.78, 5) is 34.9. The van der Waals surface area contributed by atoms with Gasteiger partial charge < -0.3 is 61.3 Å². The molecule has 4 N–H and O–H groups in total. The van der Waals surface area contributed by atoms with Crippen LogP contribution in [0.25, 0.3) is 0 Å². The molecular formula is C6H8Ca3N2O10. The Morgan fingerprint density at radius 1 is 0.571 bits per heavy atom. The minimum Gasteiger partial charge on any atom is -0.652 e. The van der Waals surface area contributed by atoms with Crippen molar-refractivity contribution in [3.8, 4) is 0 Å². The third-order valence-electron chi connectivity index (χ3n) is 0.333. The van der Waals surface area contributed by atoms with Crippen molar-refractivity contribution in [1.82, 2.24) is 0 Å². The molecule has 0 fully saturated rings. The van der Waals surface area contributed by atoms with Gasteiger partial charge in [0.2, 0.25) is 0 Å². The Morgan fingerprint density at radius 3 is 0.619 bits per heavy atom. The van der Waals surface area contributed by atoms with Crippen LogP contribution in [0.3, 0.4) is 0 Å². The molecule has 21 heavy (non-hydrogen) atoms. The molecule has 0 saturated carbocycles. The molecule has 0 atom stereocenters. The zero-order valence-electron chi connectivity index (χ0n) is 10.8. The van der Waals surface area contributed by atoms with E-state index >= 15 is 0 Å². The molecule has 15 heteroatoms. The van der Waals surface area contributed by atoms with Crippen molar-refractivity contribution in [2.75, 3.05) is 13.1 Å². The quantitative estimate of drug-likeness (QED) is 0.417. The van der Waals surface area contributed by atoms with Crippen LogP contribution < -0.4 is 42.1 Å². The van der Waals surface area contributed by atoms with E-state index < -0.39 is 24.2 Å². The van der Waals surface area contributed by atoms with Crippen molar-refractivity contribution in [1.29, 1.82) is 0 Å². The SMILES string of the molecule is NCC(=O)[O-].NCC(=O)[O-].O=C([O-])[O-].O=C([O-])[O-].[Ca+2].[Ca+2].[Ca+2]. The van der Waals surface area contributed by atoms with Crippen LogP contribution in [-0.2, 0) is 9.59 Å². The third-order valence-corrected chi connectivity index (χ3v) is 0.333. The van der Waals surface area contributed by atoms with Gasteiger partial charge in [-0.3, -0.25) is 0 Å². The van der Waals surface area contributed by atoms with Crippen molar-refractivity contribution in [2.24, 2.45) is 11.5 Å². The summed E-state index contributed by atoms with van der Waals surface area (Å²) in [6.07, 6.45) is -4.67. The molecule has 0 heterocycles. The first-order valence-corrected chi connectivity index (χ1v) is 3.56. The van der Waals surface area contributed by atoms with Gasteiger partial charge in [0.1, 0.15) is 0 Å². The van der Waals surface area contributed by atoms with Gasteiger partial charge in [0.25, 0.3) is 0 Å². The van der Waals surface area contributed by atoms with Crippen LogP contribution in [-0.4, -0.2) is 151 Å². The number of carboxylic acid groups (broad SMARTS) is 6. The molecular weight excluding hydrogens is 380 g/mol. The number of hydrogen-bond donors (Lipinski definition) is 2. The summed E-state index contributed by atoms with van der Waals surface area (Å²) in [5.74, 6) is -2.44. The summed E-state index contributed by atoms with van der Waals surface area (Å²) < 4.78 is 0. The molecule has 0 aliphatic heterocycles. The van der Waals surface area contributed by atoms with Crippen LogP contribution >= 0.6 is 0 Å². The van der Waals surface area contributed by atoms with Gasteiger partial charge in [-0.05, 0) is 12.3 Å². The molecule has 0 bridgehead atoms. The molecule has 0 radical (unpaired) electrons. The molecule has 0 spiro atoms. The Bertz CT molecular complexity index is 231. The zero-order chi connectivity index (χ0) is 15.7. The Kier molecular flexibility index (Phi) is 77.0. The largest absolute Gasteiger partial charge is 2.00 e. The van der Waals surface area contributed by atoms with E-state index in [0.29, 0.717) is 0 Å². The molecule has 0 aromatic heterocycles. The van der Waals surface area contributed by atoms with Crippen LogP contribution in [0, 0.1) is 0 Å². The fourth-order valence-electron chi connectivity index (χ4n) is 0. The van der Waals surface area contributed by atoms with E-state index in [0.717, 1.165) is 0 Å². The number of hydrogen-bond acceptors (Lipinski definition) is 12. The number of rotatable bonds is 2. The topological polar surface area (TPSA) is 259 Å². The normalized spacial score (nSPS) is 5.81. The monoisotopic (exact) mass is 388 g/mol. The predicted molar refractivity (Wildman–Crippen MR) is 56.2 cm³/mol. The van der Waals surface area contributed by atoms with Crippen molar-refractivity contribution in [3.05, 3.63) is 0 Å². The maximum Gasteiger partial charge on any atom is 2.00 e. The van der Waals surface area contributed by atoms with E-state index in [1.54, 1.807) is 0 Å². The summed E-state index contributed by atoms with van der Waals surface area (Å²) in [6.45, 7) is -0.778. The van der Waals surface area contributed by atoms with Gasteiger partial charge >= 0.3 is 113 Å². The zero-order valence-corrected chi connectivity index (χ0v) is 17.4. The van der Waals surface area contributed by atoms with Gasteiger partial charge in [-0.15, -0.1) is 0 Å². The first-order valence-electron chi connectivity index (χ1n) is 3.56. The van der Waals surface area contributed by atoms with E-state index in [4.69, 9.17) is 49.8 Å². The summed E-state index contributed by atoms with van der Waals surface area (Å²) in [5.41, 5.74) is 9.02. The molecule has 0 aliphatic rings. The minimum atomic E-state index is -2.33. The average Bonchev–Trinajstić information content (AvgIpc) is 2.16. The van der Waals surface area contributed by atoms with E-state index in [9.17, 15) is 0 Å². The van der Waals surface area contributed by atoms with E-state index in [1.807, 2.05) is 0 Å². The van der Waals surface area contributed by atoms with E-state index in [-0.39, 0.29) is 126 Å². The maximum absolute atomic E-state index is 9.13. The Morgan fingerprint density at radius 2 is 0.619 bits per heavy atom. The molecule has 0 unspecified atom stereocenters. The van der Waals surface area contributed by atoms with Crippen LogP contribution in [0.2, 0.25) is 0 Å². The second-order valence-corrected chi connectivity index (χ2v) is 1.65. The fraction of sp³-hybridized carbons (Fsp3) is 0.333. The second-order valence-electron chi connectivity index (χ2n) is 1.65. The number of carbonyl (C=O) groups excluding carboxylic acids is 4. The van der Waals surface area contributed by atoms with Gasteiger partial charge in [0.15, 0.2) is 0 Å². The number of aliphatic carboxylic acids is 2. The van der Waals surface area contributed by atoms with Crippen LogP contribution in [0.5, 0.6) is 0 Å². The standard InChI is InChI=1S/2C2H5NO2.2CH2O3.3Ca/c2*3-1-2(4)5;2*2-1(3)4;;;/h2*1,3H2,(H,4,5);2*(H2,2,3,4);;;/q;;;;3*+2/p-6. The smallest absolute Gasteiger partial charge is 0.652 e. The van der Waals surface area contributed by atoms with Crippen LogP contribution in [0.1, 0.15) is 0 Å². The van der Waals surface area contributed by atoms with Crippen LogP contribution in [0.4, 0.5) is 9.59 Å². The summed E-state index contributed by atoms with van der Waals surface area (Å²) in [6, 6.07) is 0. The molecule has 12 nitrogen and oxygen atoms in total. The Balaban J connectivity index is -0.0000000239. The van der Waals surface area contributed by atoms with Gasteiger partial charge in [-0.25, -0.2) is 0 Å². The number of carboxylic acids is 2. The second kappa shape index (κ2) is 37.4. The first-order chi connectivity index (χ1) is 8.00. The molecule has 0 aliphatic carbocycles. The van der Waals surface area contributed by atoms with Crippen molar-refractivity contribution in [2.45, 2.75) is 0 Å². The Hall–Kier alpha value is 1.18. The minimum absolute atomic E-state index is 0. The molecule has 0 aromatic carbocycles. The fourth-order valence-corrected chi connectivity index (χ4v) is 0. The molecule has 0 amide bonds. The van der Waals surface area contributed by atoms with Crippen LogP contribution in [0.15, 0.2) is 0 Å². The van der Waals surface area contributed by atoms with E-state index in [2.05, 4.69) is 11.5 Å². The maximum atomic E-state index is 9.13. The van der Waals surface area contributed by atoms with Gasteiger partial charge in [-0.2, -0.15) is 0 Å². The summed E-state index contributed by atoms with van der Waals surface area (Å²) >= 11 is 0. The number of carbonyl (C=O) groups is 4. The number of nitrogens with two attached hydrogens (primary N) is 2.